The zero-order valence-corrected chi connectivity index (χ0v) is 9.67. The second kappa shape index (κ2) is 4.54. The van der Waals surface area contributed by atoms with Gasteiger partial charge in [0.05, 0.1) is 0 Å². The number of aryl methyl sites for hydroxylation is 1. The topological polar surface area (TPSA) is 0 Å². The van der Waals surface area contributed by atoms with E-state index in [1.165, 1.54) is 16.7 Å². The molecular formula is C14H14S. The smallest absolute Gasteiger partial charge is 0.00754 e. The number of hydrogen-bond acceptors (Lipinski definition) is 1. The highest BCUT2D eigenvalue weighted by molar-refractivity contribution is 7.80. The minimum atomic E-state index is 0.965. The fourth-order valence-electron chi connectivity index (χ4n) is 1.67. The van der Waals surface area contributed by atoms with Crippen molar-refractivity contribution in [2.24, 2.45) is 0 Å². The lowest BCUT2D eigenvalue weighted by Gasteiger charge is -2.07. The van der Waals surface area contributed by atoms with Crippen LogP contribution in [0, 0.1) is 6.92 Å². The lowest BCUT2D eigenvalue weighted by molar-refractivity contribution is 1.11. The van der Waals surface area contributed by atoms with Gasteiger partial charge in [0.25, 0.3) is 0 Å². The van der Waals surface area contributed by atoms with E-state index in [4.69, 9.17) is 0 Å². The number of thiol groups is 1. The van der Waals surface area contributed by atoms with E-state index in [9.17, 15) is 0 Å². The molecule has 2 aromatic carbocycles. The Morgan fingerprint density at radius 3 is 2.13 bits per heavy atom. The van der Waals surface area contributed by atoms with Gasteiger partial charge in [-0.2, -0.15) is 0 Å². The largest absolute Gasteiger partial charge is 0.143 e. The molecule has 0 radical (unpaired) electrons. The van der Waals surface area contributed by atoms with Gasteiger partial charge in [-0.05, 0) is 36.1 Å². The van der Waals surface area contributed by atoms with E-state index in [0.717, 1.165) is 11.3 Å². The molecule has 0 saturated heterocycles. The Labute approximate surface area is 96.4 Å². The van der Waals surface area contributed by atoms with Gasteiger partial charge in [-0.25, -0.2) is 0 Å². The molecule has 0 heterocycles. The Bertz CT molecular complexity index is 417. The summed E-state index contributed by atoms with van der Waals surface area (Å²) < 4.78 is 0. The molecule has 1 heteroatoms. The Hall–Kier alpha value is -1.21. The van der Waals surface area contributed by atoms with Gasteiger partial charge in [-0.3, -0.25) is 0 Å². The van der Waals surface area contributed by atoms with E-state index in [0.29, 0.717) is 0 Å². The van der Waals surface area contributed by atoms with Crippen LogP contribution in [0.1, 0.15) is 16.7 Å². The van der Waals surface area contributed by atoms with Gasteiger partial charge in [-0.1, -0.05) is 42.5 Å². The summed E-state index contributed by atoms with van der Waals surface area (Å²) in [6.45, 7) is 2.15. The SMILES string of the molecule is Cc1ccccc1Cc1ccccc1S. The number of hydrogen-bond donors (Lipinski definition) is 1. The minimum absolute atomic E-state index is 0.965. The molecule has 0 unspecified atom stereocenters. The van der Waals surface area contributed by atoms with Crippen LogP contribution in [-0.4, -0.2) is 0 Å². The van der Waals surface area contributed by atoms with E-state index in [1.807, 2.05) is 12.1 Å². The molecule has 2 rings (SSSR count). The zero-order valence-electron chi connectivity index (χ0n) is 8.77. The van der Waals surface area contributed by atoms with Gasteiger partial charge in [0.2, 0.25) is 0 Å². The van der Waals surface area contributed by atoms with E-state index in [-0.39, 0.29) is 0 Å². The van der Waals surface area contributed by atoms with Crippen LogP contribution < -0.4 is 0 Å². The molecule has 0 atom stereocenters. The Kier molecular flexibility index (Phi) is 3.12. The summed E-state index contributed by atoms with van der Waals surface area (Å²) in [5, 5.41) is 0. The van der Waals surface area contributed by atoms with Gasteiger partial charge in [0.1, 0.15) is 0 Å². The van der Waals surface area contributed by atoms with Crippen LogP contribution in [0.15, 0.2) is 53.4 Å². The minimum Gasteiger partial charge on any atom is -0.143 e. The van der Waals surface area contributed by atoms with Crippen molar-refractivity contribution in [1.29, 1.82) is 0 Å². The molecule has 76 valence electrons. The van der Waals surface area contributed by atoms with Gasteiger partial charge < -0.3 is 0 Å². The van der Waals surface area contributed by atoms with Crippen LogP contribution in [0.2, 0.25) is 0 Å². The fraction of sp³-hybridized carbons (Fsp3) is 0.143. The van der Waals surface area contributed by atoms with Crippen molar-refractivity contribution < 1.29 is 0 Å². The molecule has 0 spiro atoms. The van der Waals surface area contributed by atoms with Crippen LogP contribution in [0.3, 0.4) is 0 Å². The Morgan fingerprint density at radius 2 is 1.47 bits per heavy atom. The monoisotopic (exact) mass is 214 g/mol. The first-order chi connectivity index (χ1) is 7.27. The summed E-state index contributed by atoms with van der Waals surface area (Å²) in [5.74, 6) is 0. The average Bonchev–Trinajstić information content (AvgIpc) is 2.24. The molecule has 0 bridgehead atoms. The second-order valence-electron chi connectivity index (χ2n) is 3.73. The van der Waals surface area contributed by atoms with Crippen molar-refractivity contribution in [2.45, 2.75) is 18.2 Å². The molecule has 0 fully saturated rings. The summed E-state index contributed by atoms with van der Waals surface area (Å²) in [6.07, 6.45) is 0.965. The first kappa shape index (κ1) is 10.3. The van der Waals surface area contributed by atoms with Crippen LogP contribution >= 0.6 is 12.6 Å². The van der Waals surface area contributed by atoms with Crippen molar-refractivity contribution in [3.63, 3.8) is 0 Å². The van der Waals surface area contributed by atoms with Gasteiger partial charge in [-0.15, -0.1) is 12.6 Å². The maximum absolute atomic E-state index is 4.46. The lowest BCUT2D eigenvalue weighted by atomic mass is 10.0. The predicted octanol–water partition coefficient (Wildman–Crippen LogP) is 3.87. The van der Waals surface area contributed by atoms with Crippen LogP contribution in [0.4, 0.5) is 0 Å². The quantitative estimate of drug-likeness (QED) is 0.721. The molecule has 0 saturated carbocycles. The molecule has 0 aliphatic rings. The molecule has 0 aliphatic carbocycles. The highest BCUT2D eigenvalue weighted by Crippen LogP contribution is 2.19. The van der Waals surface area contributed by atoms with Crippen LogP contribution in [0.5, 0.6) is 0 Å². The third-order valence-corrected chi connectivity index (χ3v) is 3.07. The molecular weight excluding hydrogens is 200 g/mol. The summed E-state index contributed by atoms with van der Waals surface area (Å²) in [4.78, 5) is 1.07. The first-order valence-corrected chi connectivity index (χ1v) is 5.53. The fourth-order valence-corrected chi connectivity index (χ4v) is 1.91. The van der Waals surface area contributed by atoms with Crippen molar-refractivity contribution in [2.75, 3.05) is 0 Å². The average molecular weight is 214 g/mol. The first-order valence-electron chi connectivity index (χ1n) is 5.09. The van der Waals surface area contributed by atoms with Crippen molar-refractivity contribution >= 4 is 12.6 Å². The Balaban J connectivity index is 2.30. The lowest BCUT2D eigenvalue weighted by Crippen LogP contribution is -1.92. The molecule has 15 heavy (non-hydrogen) atoms. The molecule has 0 nitrogen and oxygen atoms in total. The molecule has 0 amide bonds. The molecule has 0 N–H and O–H groups in total. The van der Waals surface area contributed by atoms with E-state index in [2.05, 4.69) is 56.0 Å². The van der Waals surface area contributed by atoms with Crippen molar-refractivity contribution in [1.82, 2.24) is 0 Å². The van der Waals surface area contributed by atoms with Crippen molar-refractivity contribution in [3.8, 4) is 0 Å². The maximum atomic E-state index is 4.46. The third kappa shape index (κ3) is 2.42. The summed E-state index contributed by atoms with van der Waals surface area (Å²) >= 11 is 4.46. The molecule has 2 aromatic rings. The van der Waals surface area contributed by atoms with Gasteiger partial charge in [0.15, 0.2) is 0 Å². The highest BCUT2D eigenvalue weighted by atomic mass is 32.1. The van der Waals surface area contributed by atoms with Gasteiger partial charge >= 0.3 is 0 Å². The van der Waals surface area contributed by atoms with Crippen LogP contribution in [0.25, 0.3) is 0 Å². The van der Waals surface area contributed by atoms with Crippen molar-refractivity contribution in [3.05, 3.63) is 65.2 Å². The molecule has 0 aliphatic heterocycles. The van der Waals surface area contributed by atoms with E-state index < -0.39 is 0 Å². The highest BCUT2D eigenvalue weighted by Gasteiger charge is 2.01. The number of benzene rings is 2. The predicted molar refractivity (Wildman–Crippen MR) is 67.7 cm³/mol. The number of rotatable bonds is 2. The second-order valence-corrected chi connectivity index (χ2v) is 4.21. The zero-order chi connectivity index (χ0) is 10.7. The summed E-state index contributed by atoms with van der Waals surface area (Å²) in [7, 11) is 0. The third-order valence-electron chi connectivity index (χ3n) is 2.63. The molecule has 0 aromatic heterocycles. The summed E-state index contributed by atoms with van der Waals surface area (Å²) in [6, 6.07) is 16.7. The maximum Gasteiger partial charge on any atom is 0.00754 e. The van der Waals surface area contributed by atoms with Gasteiger partial charge in [0, 0.05) is 4.90 Å². The van der Waals surface area contributed by atoms with E-state index >= 15 is 0 Å². The Morgan fingerprint density at radius 1 is 0.867 bits per heavy atom. The van der Waals surface area contributed by atoms with Crippen LogP contribution in [-0.2, 0) is 6.42 Å². The van der Waals surface area contributed by atoms with E-state index in [1.54, 1.807) is 0 Å². The normalized spacial score (nSPS) is 10.3. The summed E-state index contributed by atoms with van der Waals surface area (Å²) in [5.41, 5.74) is 4.00. The standard InChI is InChI=1S/C14H14S/c1-11-6-2-3-7-12(11)10-13-8-4-5-9-14(13)15/h2-9,15H,10H2,1H3.